The second-order valence-electron chi connectivity index (χ2n) is 7.90. The van der Waals surface area contributed by atoms with Crippen LogP contribution >= 0.6 is 0 Å². The summed E-state index contributed by atoms with van der Waals surface area (Å²) in [6, 6.07) is 14.4. The van der Waals surface area contributed by atoms with E-state index in [2.05, 4.69) is 77.1 Å². The van der Waals surface area contributed by atoms with E-state index >= 15 is 0 Å². The summed E-state index contributed by atoms with van der Waals surface area (Å²) in [6.45, 7) is 13.0. The number of nitrogens with zero attached hydrogens (tertiary/aromatic N) is 1. The molecular weight excluding hydrogens is 270 g/mol. The molecule has 0 aromatic heterocycles. The van der Waals surface area contributed by atoms with Crippen LogP contribution in [0.3, 0.4) is 0 Å². The lowest BCUT2D eigenvalue weighted by atomic mass is 9.84. The van der Waals surface area contributed by atoms with Gasteiger partial charge in [-0.2, -0.15) is 0 Å². The second kappa shape index (κ2) is 5.68. The lowest BCUT2D eigenvalue weighted by Gasteiger charge is -2.21. The minimum absolute atomic E-state index is 0.00800. The highest BCUT2D eigenvalue weighted by molar-refractivity contribution is 5.76. The van der Waals surface area contributed by atoms with Crippen molar-refractivity contribution < 1.29 is 0 Å². The van der Waals surface area contributed by atoms with Crippen LogP contribution in [-0.4, -0.2) is 0 Å². The van der Waals surface area contributed by atoms with Gasteiger partial charge in [-0.1, -0.05) is 77.9 Å². The molecule has 0 spiro atoms. The fourth-order valence-electron chi connectivity index (χ4n) is 2.47. The van der Waals surface area contributed by atoms with E-state index in [0.29, 0.717) is 5.69 Å². The number of hydrogen-bond acceptors (Lipinski definition) is 2. The zero-order valence-electron chi connectivity index (χ0n) is 14.4. The van der Waals surface area contributed by atoms with Crippen molar-refractivity contribution in [2.75, 3.05) is 0 Å². The van der Waals surface area contributed by atoms with Crippen molar-refractivity contribution in [1.82, 2.24) is 0 Å². The molecule has 0 bridgehead atoms. The van der Waals surface area contributed by atoms with Crippen LogP contribution in [0.5, 0.6) is 0 Å². The van der Waals surface area contributed by atoms with Crippen molar-refractivity contribution in [2.45, 2.75) is 52.4 Å². The van der Waals surface area contributed by atoms with E-state index in [4.69, 9.17) is 0 Å². The summed E-state index contributed by atoms with van der Waals surface area (Å²) in [7, 11) is 0. The molecule has 0 aliphatic heterocycles. The van der Waals surface area contributed by atoms with E-state index in [9.17, 15) is 4.91 Å². The first-order valence-electron chi connectivity index (χ1n) is 7.72. The molecule has 0 saturated carbocycles. The first kappa shape index (κ1) is 16.4. The van der Waals surface area contributed by atoms with E-state index < -0.39 is 0 Å². The Kier molecular flexibility index (Phi) is 4.23. The Labute approximate surface area is 133 Å². The normalized spacial score (nSPS) is 12.3. The molecule has 0 radical (unpaired) electrons. The highest BCUT2D eigenvalue weighted by Crippen LogP contribution is 2.35. The van der Waals surface area contributed by atoms with E-state index in [0.717, 1.165) is 16.7 Å². The van der Waals surface area contributed by atoms with Crippen LogP contribution in [-0.2, 0) is 10.8 Å². The Morgan fingerprint density at radius 2 is 1.23 bits per heavy atom. The van der Waals surface area contributed by atoms with Crippen LogP contribution in [0.1, 0.15) is 52.7 Å². The largest absolute Gasteiger partial charge is 0.145 e. The monoisotopic (exact) mass is 295 g/mol. The van der Waals surface area contributed by atoms with E-state index in [1.807, 2.05) is 12.1 Å². The third-order valence-electron chi connectivity index (χ3n) is 4.02. The highest BCUT2D eigenvalue weighted by Gasteiger charge is 2.17. The summed E-state index contributed by atoms with van der Waals surface area (Å²) in [5.74, 6) is 0. The molecule has 0 amide bonds. The Morgan fingerprint density at radius 1 is 0.727 bits per heavy atom. The van der Waals surface area contributed by atoms with Crippen molar-refractivity contribution in [1.29, 1.82) is 0 Å². The number of hydrogen-bond donors (Lipinski definition) is 0. The minimum Gasteiger partial charge on any atom is -0.145 e. The van der Waals surface area contributed by atoms with Gasteiger partial charge in [-0.3, -0.25) is 0 Å². The molecule has 2 heteroatoms. The van der Waals surface area contributed by atoms with Crippen molar-refractivity contribution in [3.63, 3.8) is 0 Å². The van der Waals surface area contributed by atoms with E-state index in [1.54, 1.807) is 0 Å². The fourth-order valence-corrected chi connectivity index (χ4v) is 2.47. The maximum atomic E-state index is 11.3. The average molecular weight is 295 g/mol. The lowest BCUT2D eigenvalue weighted by Crippen LogP contribution is -2.11. The van der Waals surface area contributed by atoms with Crippen LogP contribution in [0.25, 0.3) is 11.1 Å². The van der Waals surface area contributed by atoms with Gasteiger partial charge in [-0.15, -0.1) is 4.91 Å². The van der Waals surface area contributed by atoms with Gasteiger partial charge in [-0.25, -0.2) is 0 Å². The summed E-state index contributed by atoms with van der Waals surface area (Å²) in [6.07, 6.45) is 0. The molecule has 2 nitrogen and oxygen atoms in total. The molecule has 116 valence electrons. The van der Waals surface area contributed by atoms with Crippen molar-refractivity contribution in [2.24, 2.45) is 5.18 Å². The van der Waals surface area contributed by atoms with Crippen LogP contribution in [0.15, 0.2) is 47.6 Å². The van der Waals surface area contributed by atoms with E-state index in [-0.39, 0.29) is 10.8 Å². The van der Waals surface area contributed by atoms with Gasteiger partial charge in [0.25, 0.3) is 0 Å². The molecule has 0 atom stereocenters. The Bertz CT molecular complexity index is 670. The van der Waals surface area contributed by atoms with Gasteiger partial charge in [0.2, 0.25) is 0 Å². The molecule has 22 heavy (non-hydrogen) atoms. The van der Waals surface area contributed by atoms with Crippen LogP contribution < -0.4 is 0 Å². The van der Waals surface area contributed by atoms with Crippen LogP contribution in [0, 0.1) is 4.91 Å². The summed E-state index contributed by atoms with van der Waals surface area (Å²) < 4.78 is 0. The fraction of sp³-hybridized carbons (Fsp3) is 0.400. The molecule has 2 rings (SSSR count). The lowest BCUT2D eigenvalue weighted by molar-refractivity contribution is 0.590. The minimum atomic E-state index is 0.00800. The smallest absolute Gasteiger partial charge is 0.116 e. The number of rotatable bonds is 2. The quantitative estimate of drug-likeness (QED) is 0.594. The molecule has 0 unspecified atom stereocenters. The summed E-state index contributed by atoms with van der Waals surface area (Å²) >= 11 is 0. The summed E-state index contributed by atoms with van der Waals surface area (Å²) in [5.41, 5.74) is 4.97. The van der Waals surface area contributed by atoms with Gasteiger partial charge in [0.05, 0.1) is 0 Å². The van der Waals surface area contributed by atoms with Crippen molar-refractivity contribution in [3.8, 4) is 11.1 Å². The van der Waals surface area contributed by atoms with Gasteiger partial charge in [0.15, 0.2) is 0 Å². The number of nitroso groups, excluding NO2 is 1. The predicted octanol–water partition coefficient (Wildman–Crippen LogP) is 6.35. The first-order valence-corrected chi connectivity index (χ1v) is 7.72. The topological polar surface area (TPSA) is 29.4 Å². The third kappa shape index (κ3) is 3.44. The Balaban J connectivity index is 2.47. The zero-order chi connectivity index (χ0) is 16.5. The van der Waals surface area contributed by atoms with Gasteiger partial charge in [-0.05, 0) is 38.8 Å². The summed E-state index contributed by atoms with van der Waals surface area (Å²) in [5, 5.41) is 3.24. The molecule has 0 aliphatic carbocycles. The molecular formula is C20H25NO. The molecule has 2 aromatic rings. The van der Waals surface area contributed by atoms with E-state index in [1.165, 1.54) is 5.56 Å². The molecule has 2 aromatic carbocycles. The third-order valence-corrected chi connectivity index (χ3v) is 4.02. The average Bonchev–Trinajstić information content (AvgIpc) is 2.45. The Hall–Kier alpha value is -1.96. The highest BCUT2D eigenvalue weighted by atomic mass is 16.3. The molecule has 0 N–H and O–H groups in total. The molecule has 0 saturated heterocycles. The SMILES string of the molecule is CC(C)(C)c1ccc(-c2ccc(C(C)(C)C)cc2N=O)cc1. The summed E-state index contributed by atoms with van der Waals surface area (Å²) in [4.78, 5) is 11.3. The molecule has 0 heterocycles. The number of benzene rings is 2. The maximum absolute atomic E-state index is 11.3. The maximum Gasteiger partial charge on any atom is 0.116 e. The first-order chi connectivity index (χ1) is 10.1. The van der Waals surface area contributed by atoms with Gasteiger partial charge in [0, 0.05) is 5.56 Å². The zero-order valence-corrected chi connectivity index (χ0v) is 14.4. The standard InChI is InChI=1S/C20H25NO/c1-19(2,3)15-9-7-14(8-10-15)17-12-11-16(20(4,5)6)13-18(17)21-22/h7-13H,1-6H3. The Morgan fingerprint density at radius 3 is 1.68 bits per heavy atom. The van der Waals surface area contributed by atoms with Gasteiger partial charge < -0.3 is 0 Å². The predicted molar refractivity (Wildman–Crippen MR) is 94.7 cm³/mol. The second-order valence-corrected chi connectivity index (χ2v) is 7.90. The van der Waals surface area contributed by atoms with Crippen molar-refractivity contribution in [3.05, 3.63) is 58.5 Å². The van der Waals surface area contributed by atoms with Crippen LogP contribution in [0.4, 0.5) is 5.69 Å². The molecule has 0 fully saturated rings. The van der Waals surface area contributed by atoms with Crippen molar-refractivity contribution >= 4 is 5.69 Å². The van der Waals surface area contributed by atoms with Crippen LogP contribution in [0.2, 0.25) is 0 Å². The van der Waals surface area contributed by atoms with Gasteiger partial charge >= 0.3 is 0 Å². The van der Waals surface area contributed by atoms with Gasteiger partial charge in [0.1, 0.15) is 5.69 Å². The molecule has 0 aliphatic rings.